The third-order valence-corrected chi connectivity index (χ3v) is 8.40. The van der Waals surface area contributed by atoms with Crippen LogP contribution in [0.2, 0.25) is 5.02 Å². The number of amides is 2. The van der Waals surface area contributed by atoms with Crippen LogP contribution >= 0.6 is 22.9 Å². The topological polar surface area (TPSA) is 83.5 Å². The van der Waals surface area contributed by atoms with Crippen LogP contribution in [0.3, 0.4) is 0 Å². The molecule has 10 heteroatoms. The van der Waals surface area contributed by atoms with Gasteiger partial charge >= 0.3 is 0 Å². The molecule has 2 heterocycles. The van der Waals surface area contributed by atoms with Crippen LogP contribution in [0.4, 0.5) is 15.1 Å². The van der Waals surface area contributed by atoms with Crippen LogP contribution in [0.1, 0.15) is 27.7 Å². The van der Waals surface area contributed by atoms with Gasteiger partial charge in [0.2, 0.25) is 5.91 Å². The minimum atomic E-state index is -3.53. The Labute approximate surface area is 199 Å². The maximum Gasteiger partial charge on any atom is 0.268 e. The first kappa shape index (κ1) is 23.4. The number of sulfone groups is 1. The molecule has 0 aliphatic carbocycles. The van der Waals surface area contributed by atoms with Gasteiger partial charge in [0, 0.05) is 17.3 Å². The largest absolute Gasteiger partial charge is 0.317 e. The SMILES string of the molecule is CCS(=O)(=O)c1ccc(CC(=O)Nc2cc3c(s2)C(=O)N(c2cccc(Cl)c2)CC3)c(F)c1. The van der Waals surface area contributed by atoms with Crippen LogP contribution < -0.4 is 10.2 Å². The van der Waals surface area contributed by atoms with Crippen LogP contribution in [0.25, 0.3) is 0 Å². The van der Waals surface area contributed by atoms with Crippen molar-refractivity contribution in [2.75, 3.05) is 22.5 Å². The number of fused-ring (bicyclic) bond motifs is 1. The predicted molar refractivity (Wildman–Crippen MR) is 128 cm³/mol. The van der Waals surface area contributed by atoms with E-state index in [2.05, 4.69) is 5.32 Å². The van der Waals surface area contributed by atoms with E-state index < -0.39 is 21.6 Å². The molecule has 1 aliphatic rings. The number of carbonyl (C=O) groups excluding carboxylic acids is 2. The van der Waals surface area contributed by atoms with Crippen molar-refractivity contribution in [1.29, 1.82) is 0 Å². The molecule has 1 aliphatic heterocycles. The molecule has 0 saturated heterocycles. The van der Waals surface area contributed by atoms with Crippen molar-refractivity contribution in [3.63, 3.8) is 0 Å². The molecule has 0 spiro atoms. The molecule has 3 aromatic rings. The third kappa shape index (κ3) is 4.95. The first-order valence-electron chi connectivity index (χ1n) is 10.2. The minimum Gasteiger partial charge on any atom is -0.317 e. The van der Waals surface area contributed by atoms with Gasteiger partial charge in [-0.3, -0.25) is 9.59 Å². The molecule has 0 radical (unpaired) electrons. The van der Waals surface area contributed by atoms with E-state index in [1.165, 1.54) is 30.4 Å². The lowest BCUT2D eigenvalue weighted by Gasteiger charge is -2.26. The van der Waals surface area contributed by atoms with E-state index in [1.54, 1.807) is 29.2 Å². The van der Waals surface area contributed by atoms with Gasteiger partial charge in [0.1, 0.15) is 5.82 Å². The van der Waals surface area contributed by atoms with Crippen molar-refractivity contribution in [1.82, 2.24) is 0 Å². The van der Waals surface area contributed by atoms with E-state index >= 15 is 0 Å². The Morgan fingerprint density at radius 3 is 2.70 bits per heavy atom. The van der Waals surface area contributed by atoms with Crippen molar-refractivity contribution in [3.05, 3.63) is 75.4 Å². The Bertz CT molecular complexity index is 1350. The lowest BCUT2D eigenvalue weighted by atomic mass is 10.1. The van der Waals surface area contributed by atoms with Crippen LogP contribution in [0.5, 0.6) is 0 Å². The second-order valence-electron chi connectivity index (χ2n) is 7.53. The highest BCUT2D eigenvalue weighted by atomic mass is 35.5. The van der Waals surface area contributed by atoms with Crippen LogP contribution in [-0.4, -0.2) is 32.5 Å². The van der Waals surface area contributed by atoms with Crippen molar-refractivity contribution in [3.8, 4) is 0 Å². The van der Waals surface area contributed by atoms with Crippen LogP contribution in [0, 0.1) is 5.82 Å². The summed E-state index contributed by atoms with van der Waals surface area (Å²) in [5, 5.41) is 3.75. The highest BCUT2D eigenvalue weighted by Gasteiger charge is 2.28. The average molecular weight is 507 g/mol. The molecule has 0 fully saturated rings. The number of nitrogens with one attached hydrogen (secondary N) is 1. The summed E-state index contributed by atoms with van der Waals surface area (Å²) >= 11 is 7.22. The number of carbonyl (C=O) groups is 2. The monoisotopic (exact) mass is 506 g/mol. The quantitative estimate of drug-likeness (QED) is 0.524. The molecule has 172 valence electrons. The highest BCUT2D eigenvalue weighted by molar-refractivity contribution is 7.91. The van der Waals surface area contributed by atoms with Crippen molar-refractivity contribution < 1.29 is 22.4 Å². The maximum atomic E-state index is 14.4. The van der Waals surface area contributed by atoms with Gasteiger partial charge in [0.05, 0.1) is 26.9 Å². The number of halogens is 2. The molecule has 2 amide bonds. The van der Waals surface area contributed by atoms with Gasteiger partial charge in [-0.25, -0.2) is 12.8 Å². The molecule has 33 heavy (non-hydrogen) atoms. The number of rotatable bonds is 6. The number of thiophene rings is 1. The Kier molecular flexibility index (Phi) is 6.56. The summed E-state index contributed by atoms with van der Waals surface area (Å²) < 4.78 is 38.2. The summed E-state index contributed by atoms with van der Waals surface area (Å²) in [6.07, 6.45) is 0.366. The Balaban J connectivity index is 1.47. The van der Waals surface area contributed by atoms with Gasteiger partial charge < -0.3 is 10.2 Å². The first-order valence-corrected chi connectivity index (χ1v) is 13.0. The van der Waals surface area contributed by atoms with Crippen molar-refractivity contribution in [2.45, 2.75) is 24.7 Å². The summed E-state index contributed by atoms with van der Waals surface area (Å²) in [7, 11) is -3.53. The first-order chi connectivity index (χ1) is 15.7. The zero-order chi connectivity index (χ0) is 23.8. The van der Waals surface area contributed by atoms with Crippen LogP contribution in [0.15, 0.2) is 53.4 Å². The van der Waals surface area contributed by atoms with Gasteiger partial charge in [0.15, 0.2) is 9.84 Å². The van der Waals surface area contributed by atoms with E-state index in [1.807, 2.05) is 6.07 Å². The van der Waals surface area contributed by atoms with Crippen molar-refractivity contribution in [2.24, 2.45) is 0 Å². The van der Waals surface area contributed by atoms with E-state index in [0.29, 0.717) is 33.6 Å². The molecular formula is C23H20ClFN2O4S2. The molecule has 0 atom stereocenters. The summed E-state index contributed by atoms with van der Waals surface area (Å²) in [5.74, 6) is -1.51. The van der Waals surface area contributed by atoms with Crippen molar-refractivity contribution >= 4 is 55.3 Å². The number of hydrogen-bond donors (Lipinski definition) is 1. The third-order valence-electron chi connectivity index (χ3n) is 5.35. The molecular weight excluding hydrogens is 487 g/mol. The molecule has 4 rings (SSSR count). The second-order valence-corrected chi connectivity index (χ2v) is 11.3. The molecule has 1 N–H and O–H groups in total. The minimum absolute atomic E-state index is 0.0899. The maximum absolute atomic E-state index is 14.4. The molecule has 2 aromatic carbocycles. The Morgan fingerprint density at radius 2 is 2.00 bits per heavy atom. The zero-order valence-corrected chi connectivity index (χ0v) is 20.0. The molecule has 0 unspecified atom stereocenters. The van der Waals surface area contributed by atoms with Gasteiger partial charge in [-0.2, -0.15) is 0 Å². The lowest BCUT2D eigenvalue weighted by Crippen LogP contribution is -2.36. The standard InChI is InChI=1S/C23H20ClFN2O4S2/c1-2-33(30,31)18-7-6-14(19(25)13-18)10-20(28)26-21-11-15-8-9-27(23(29)22(15)32-21)17-5-3-4-16(24)12-17/h3-7,11-13H,2,8-10H2,1H3,(H,26,28). The van der Waals surface area contributed by atoms with Gasteiger partial charge in [0.25, 0.3) is 5.91 Å². The lowest BCUT2D eigenvalue weighted by molar-refractivity contribution is -0.115. The van der Waals surface area contributed by atoms with E-state index in [4.69, 9.17) is 11.6 Å². The second kappa shape index (κ2) is 9.24. The number of nitrogens with zero attached hydrogens (tertiary/aromatic N) is 1. The smallest absolute Gasteiger partial charge is 0.268 e. The van der Waals surface area contributed by atoms with E-state index in [9.17, 15) is 22.4 Å². The summed E-state index contributed by atoms with van der Waals surface area (Å²) in [5.41, 5.74) is 1.65. The summed E-state index contributed by atoms with van der Waals surface area (Å²) in [4.78, 5) is 27.6. The fraction of sp³-hybridized carbons (Fsp3) is 0.217. The van der Waals surface area contributed by atoms with Gasteiger partial charge in [-0.15, -0.1) is 11.3 Å². The van der Waals surface area contributed by atoms with Gasteiger partial charge in [-0.1, -0.05) is 30.7 Å². The number of hydrogen-bond acceptors (Lipinski definition) is 5. The van der Waals surface area contributed by atoms with Gasteiger partial charge in [-0.05, 0) is 53.9 Å². The highest BCUT2D eigenvalue weighted by Crippen LogP contribution is 2.34. The summed E-state index contributed by atoms with van der Waals surface area (Å²) in [6.45, 7) is 1.97. The average Bonchev–Trinajstić information content (AvgIpc) is 3.18. The van der Waals surface area contributed by atoms with Crippen LogP contribution in [-0.2, 0) is 27.5 Å². The number of benzene rings is 2. The Hall–Kier alpha value is -2.75. The predicted octanol–water partition coefficient (Wildman–Crippen LogP) is 4.72. The normalized spacial score (nSPS) is 13.7. The van der Waals surface area contributed by atoms with E-state index in [-0.39, 0.29) is 28.5 Å². The molecule has 0 bridgehead atoms. The fourth-order valence-electron chi connectivity index (χ4n) is 3.59. The number of anilines is 2. The molecule has 1 aromatic heterocycles. The zero-order valence-electron chi connectivity index (χ0n) is 17.6. The van der Waals surface area contributed by atoms with E-state index in [0.717, 1.165) is 11.6 Å². The fourth-order valence-corrected chi connectivity index (χ4v) is 5.74. The Morgan fingerprint density at radius 1 is 1.21 bits per heavy atom. The molecule has 6 nitrogen and oxygen atoms in total. The summed E-state index contributed by atoms with van der Waals surface area (Å²) in [6, 6.07) is 12.4. The molecule has 0 saturated carbocycles.